The molecule has 0 bridgehead atoms. The van der Waals surface area contributed by atoms with E-state index in [1.807, 2.05) is 0 Å². The van der Waals surface area contributed by atoms with Gasteiger partial charge in [0.05, 0.1) is 11.0 Å². The van der Waals surface area contributed by atoms with Crippen molar-refractivity contribution in [2.45, 2.75) is 0 Å². The summed E-state index contributed by atoms with van der Waals surface area (Å²) in [7, 11) is 0. The van der Waals surface area contributed by atoms with Crippen LogP contribution in [0.3, 0.4) is 0 Å². The minimum atomic E-state index is 0.842. The molecule has 0 amide bonds. The number of hydrogen-bond acceptors (Lipinski definition) is 2. The van der Waals surface area contributed by atoms with Gasteiger partial charge in [-0.05, 0) is 189 Å². The van der Waals surface area contributed by atoms with Crippen LogP contribution >= 0.6 is 0 Å². The molecular weight excluding hydrogens is 1200 g/mol. The molecule has 0 unspecified atom stereocenters. The molecule has 0 aliphatic rings. The summed E-state index contributed by atoms with van der Waals surface area (Å²) >= 11 is 0. The smallest absolute Gasteiger partial charge is 0.143 e. The fraction of sp³-hybridized carbons (Fsp3) is 0. The van der Waals surface area contributed by atoms with E-state index in [1.165, 1.54) is 32.3 Å². The van der Waals surface area contributed by atoms with Crippen molar-refractivity contribution < 1.29 is 8.83 Å². The Morgan fingerprint density at radius 2 is 0.424 bits per heavy atom. The minimum absolute atomic E-state index is 0.842. The van der Waals surface area contributed by atoms with Gasteiger partial charge < -0.3 is 13.4 Å². The molecule has 0 spiro atoms. The molecule has 3 heteroatoms. The Kier molecular flexibility index (Phi) is 13.0. The summed E-state index contributed by atoms with van der Waals surface area (Å²) < 4.78 is 17.4. The zero-order valence-corrected chi connectivity index (χ0v) is 53.8. The lowest BCUT2D eigenvalue weighted by molar-refractivity contribution is 0.671. The number of rotatable bonds is 10. The minimum Gasteiger partial charge on any atom is -0.455 e. The van der Waals surface area contributed by atoms with Gasteiger partial charge in [-0.15, -0.1) is 0 Å². The second-order valence-corrected chi connectivity index (χ2v) is 26.2. The van der Waals surface area contributed by atoms with Gasteiger partial charge in [0.25, 0.3) is 0 Å². The quantitative estimate of drug-likeness (QED) is 0.128. The number of fused-ring (bicyclic) bond motifs is 15. The van der Waals surface area contributed by atoms with Crippen LogP contribution in [0, 0.1) is 0 Å². The van der Waals surface area contributed by atoms with Gasteiger partial charge in [-0.1, -0.05) is 279 Å². The number of nitrogens with zero attached hydrogens (tertiary/aromatic N) is 1. The molecule has 20 aromatic rings. The third-order valence-electron chi connectivity index (χ3n) is 20.5. The molecule has 0 saturated carbocycles. The monoisotopic (exact) mass is 1260 g/mol. The first-order valence-electron chi connectivity index (χ1n) is 34.0. The van der Waals surface area contributed by atoms with Crippen LogP contribution in [0.5, 0.6) is 0 Å². The molecule has 3 aromatic heterocycles. The van der Waals surface area contributed by atoms with Crippen LogP contribution in [-0.4, -0.2) is 4.57 Å². The van der Waals surface area contributed by atoms with Crippen molar-refractivity contribution in [1.29, 1.82) is 0 Å². The number of furan rings is 2. The largest absolute Gasteiger partial charge is 0.455 e. The first kappa shape index (κ1) is 56.3. The summed E-state index contributed by atoms with van der Waals surface area (Å²) in [6.07, 6.45) is 0. The fourth-order valence-corrected chi connectivity index (χ4v) is 15.8. The third kappa shape index (κ3) is 9.35. The summed E-state index contributed by atoms with van der Waals surface area (Å²) in [6.45, 7) is 0. The molecule has 0 fully saturated rings. The Hall–Kier alpha value is -13.1. The van der Waals surface area contributed by atoms with Crippen LogP contribution in [0.15, 0.2) is 367 Å². The van der Waals surface area contributed by atoms with Gasteiger partial charge in [0.2, 0.25) is 0 Å². The summed E-state index contributed by atoms with van der Waals surface area (Å²) in [5.74, 6) is 0. The number of hydrogen-bond donors (Lipinski definition) is 0. The highest BCUT2D eigenvalue weighted by Gasteiger charge is 2.25. The van der Waals surface area contributed by atoms with Crippen molar-refractivity contribution in [2.24, 2.45) is 0 Å². The molecule has 0 radical (unpaired) electrons. The molecule has 0 atom stereocenters. The van der Waals surface area contributed by atoms with Crippen molar-refractivity contribution in [3.63, 3.8) is 0 Å². The summed E-state index contributed by atoms with van der Waals surface area (Å²) in [5, 5.41) is 14.1. The highest BCUT2D eigenvalue weighted by atomic mass is 16.3. The third-order valence-corrected chi connectivity index (χ3v) is 20.5. The average Bonchev–Trinajstić information content (AvgIpc) is 1.66. The Bertz CT molecular complexity index is 6270. The van der Waals surface area contributed by atoms with Crippen LogP contribution in [-0.2, 0) is 0 Å². The lowest BCUT2D eigenvalue weighted by atomic mass is 9.92. The maximum Gasteiger partial charge on any atom is 0.143 e. The summed E-state index contributed by atoms with van der Waals surface area (Å²) in [5.41, 5.74) is 26.4. The van der Waals surface area contributed by atoms with E-state index in [-0.39, 0.29) is 0 Å². The van der Waals surface area contributed by atoms with E-state index in [0.29, 0.717) is 0 Å². The molecule has 17 aromatic carbocycles. The van der Waals surface area contributed by atoms with Crippen molar-refractivity contribution in [2.75, 3.05) is 0 Å². The normalized spacial score (nSPS) is 11.8. The maximum absolute atomic E-state index is 7.45. The molecule has 0 aliphatic heterocycles. The van der Waals surface area contributed by atoms with Crippen LogP contribution in [0.25, 0.3) is 204 Å². The van der Waals surface area contributed by atoms with Gasteiger partial charge in [0.1, 0.15) is 22.3 Å². The highest BCUT2D eigenvalue weighted by Crippen LogP contribution is 2.49. The number of benzene rings is 17. The predicted molar refractivity (Wildman–Crippen MR) is 417 cm³/mol. The van der Waals surface area contributed by atoms with Crippen molar-refractivity contribution in [3.8, 4) is 106 Å². The van der Waals surface area contributed by atoms with Crippen molar-refractivity contribution >= 4 is 98.0 Å². The molecule has 460 valence electrons. The van der Waals surface area contributed by atoms with E-state index >= 15 is 0 Å². The predicted octanol–water partition coefficient (Wildman–Crippen LogP) is 27.0. The Labute approximate surface area is 571 Å². The number of aromatic nitrogens is 1. The van der Waals surface area contributed by atoms with E-state index in [0.717, 1.165) is 172 Å². The average molecular weight is 1260 g/mol. The molecule has 99 heavy (non-hydrogen) atoms. The van der Waals surface area contributed by atoms with Gasteiger partial charge in [-0.25, -0.2) is 0 Å². The van der Waals surface area contributed by atoms with Gasteiger partial charge in [0.15, 0.2) is 0 Å². The van der Waals surface area contributed by atoms with E-state index in [2.05, 4.69) is 362 Å². The van der Waals surface area contributed by atoms with Crippen molar-refractivity contribution in [3.05, 3.63) is 358 Å². The summed E-state index contributed by atoms with van der Waals surface area (Å²) in [4.78, 5) is 0. The molecule has 3 heterocycles. The highest BCUT2D eigenvalue weighted by molar-refractivity contribution is 6.26. The van der Waals surface area contributed by atoms with Gasteiger partial charge in [-0.2, -0.15) is 0 Å². The van der Waals surface area contributed by atoms with Gasteiger partial charge >= 0.3 is 0 Å². The van der Waals surface area contributed by atoms with E-state index < -0.39 is 0 Å². The second kappa shape index (κ2) is 22.8. The molecular formula is C96H59NO2. The zero-order valence-electron chi connectivity index (χ0n) is 53.8. The van der Waals surface area contributed by atoms with Crippen LogP contribution < -0.4 is 0 Å². The topological polar surface area (TPSA) is 31.2 Å². The first-order valence-corrected chi connectivity index (χ1v) is 34.0. The fourth-order valence-electron chi connectivity index (χ4n) is 15.8. The lowest BCUT2D eigenvalue weighted by Crippen LogP contribution is -1.95. The first-order chi connectivity index (χ1) is 49.1. The van der Waals surface area contributed by atoms with Crippen molar-refractivity contribution in [1.82, 2.24) is 4.57 Å². The van der Waals surface area contributed by atoms with Crippen LogP contribution in [0.4, 0.5) is 0 Å². The molecule has 0 N–H and O–H groups in total. The van der Waals surface area contributed by atoms with Crippen LogP contribution in [0.2, 0.25) is 0 Å². The molecule has 0 saturated heterocycles. The van der Waals surface area contributed by atoms with E-state index in [4.69, 9.17) is 8.83 Å². The Morgan fingerprint density at radius 3 is 0.798 bits per heavy atom. The van der Waals surface area contributed by atoms with Crippen LogP contribution in [0.1, 0.15) is 0 Å². The second-order valence-electron chi connectivity index (χ2n) is 26.2. The molecule has 3 nitrogen and oxygen atoms in total. The molecule has 0 aliphatic carbocycles. The summed E-state index contributed by atoms with van der Waals surface area (Å²) in [6, 6.07) is 131. The lowest BCUT2D eigenvalue weighted by Gasteiger charge is -2.14. The molecule has 20 rings (SSSR count). The standard InChI is InChI=1S/C96H59NO2/c1-7-24-60(25-8-1)70-50-82(64-32-15-5-16-33-64)93-87(54-70)89-56-72(62-28-11-3-12-29-62)52-84(95(89)98-93)68-43-46-80-81-47-44-69(59-92(81)97(91(80)58-68)74-37-23-36-66(48-74)67-42-45-79-77-40-20-19-38-75(77)76-39-21-22-41-78(76)86(79)49-67)85-53-73(63-30-13-4-14-31-63)57-90-88-55-71(61-26-9-2-10-27-61)51-83(94(88)99-96(85)90)65-34-17-6-18-35-65/h1-59H. The Morgan fingerprint density at radius 1 is 0.152 bits per heavy atom. The van der Waals surface area contributed by atoms with E-state index in [9.17, 15) is 0 Å². The van der Waals surface area contributed by atoms with Gasteiger partial charge in [0, 0.05) is 60.3 Å². The maximum atomic E-state index is 7.45. The van der Waals surface area contributed by atoms with E-state index in [1.54, 1.807) is 0 Å². The Balaban J connectivity index is 0.850. The SMILES string of the molecule is c1ccc(-c2cc(-c3ccccc3)c3oc4c(-c5ccc6c7ccc(-c8cc(-c9ccccc9)cc9c8oc8c(-c%10ccccc%10)cc(-c%10ccccc%10)cc89)cc7n(-c7cccc(-c8ccc9c%10ccccc%10c%10ccccc%10c9c8)c7)c6c5)cc(-c5ccccc5)cc4c3c2)cc1. The zero-order chi connectivity index (χ0) is 65.1. The van der Waals surface area contributed by atoms with Gasteiger partial charge in [-0.3, -0.25) is 0 Å².